The minimum Gasteiger partial charge on any atom is -0.321 e. The van der Waals surface area contributed by atoms with E-state index in [1.165, 1.54) is 5.56 Å². The Morgan fingerprint density at radius 1 is 1.00 bits per heavy atom. The van der Waals surface area contributed by atoms with E-state index in [1.54, 1.807) is 6.08 Å². The Labute approximate surface area is 191 Å². The number of anilines is 1. The first-order chi connectivity index (χ1) is 15.0. The van der Waals surface area contributed by atoms with E-state index in [2.05, 4.69) is 61.0 Å². The van der Waals surface area contributed by atoms with E-state index in [0.717, 1.165) is 33.8 Å². The normalized spacial score (nSPS) is 11.9. The summed E-state index contributed by atoms with van der Waals surface area (Å²) in [4.78, 5) is 12.8. The minimum atomic E-state index is -0.404. The van der Waals surface area contributed by atoms with Crippen LogP contribution in [0.2, 0.25) is 0 Å². The average Bonchev–Trinajstić information content (AvgIpc) is 3.00. The van der Waals surface area contributed by atoms with Gasteiger partial charge in [0.15, 0.2) is 0 Å². The number of aryl methyl sites for hydroxylation is 3. The van der Waals surface area contributed by atoms with Crippen molar-refractivity contribution in [3.05, 3.63) is 87.7 Å². The molecule has 4 heteroatoms. The maximum absolute atomic E-state index is 12.8. The summed E-state index contributed by atoms with van der Waals surface area (Å²) in [5, 5.41) is 12.5. The zero-order valence-corrected chi connectivity index (χ0v) is 20.0. The second kappa shape index (κ2) is 8.88. The first-order valence-electron chi connectivity index (χ1n) is 10.8. The molecule has 0 saturated carbocycles. The number of amides is 1. The van der Waals surface area contributed by atoms with Crippen LogP contribution in [0.3, 0.4) is 0 Å². The number of aromatic nitrogens is 1. The molecule has 32 heavy (non-hydrogen) atoms. The lowest BCUT2D eigenvalue weighted by Gasteiger charge is -2.20. The van der Waals surface area contributed by atoms with Crippen molar-refractivity contribution in [3.8, 4) is 11.8 Å². The standard InChI is InChI=1S/C28H31N3O/c1-18-8-13-26(19(2)14-18)30-27(32)23(17-29)16-22-15-20(3)31(21(22)4)25-11-9-24(10-12-25)28(5,6)7/h8-16H,1-7H3,(H,30,32)/b23-16-. The maximum atomic E-state index is 12.8. The molecule has 0 unspecified atom stereocenters. The molecule has 3 aromatic rings. The summed E-state index contributed by atoms with van der Waals surface area (Å²) in [6.45, 7) is 14.6. The average molecular weight is 426 g/mol. The van der Waals surface area contributed by atoms with Gasteiger partial charge in [0.25, 0.3) is 5.91 Å². The monoisotopic (exact) mass is 425 g/mol. The third kappa shape index (κ3) is 4.84. The smallest absolute Gasteiger partial charge is 0.266 e. The van der Waals surface area contributed by atoms with Gasteiger partial charge in [0, 0.05) is 22.8 Å². The van der Waals surface area contributed by atoms with Gasteiger partial charge in [-0.1, -0.05) is 50.6 Å². The van der Waals surface area contributed by atoms with Crippen molar-refractivity contribution in [3.63, 3.8) is 0 Å². The van der Waals surface area contributed by atoms with Crippen LogP contribution in [0.5, 0.6) is 0 Å². The summed E-state index contributed by atoms with van der Waals surface area (Å²) in [6, 6.07) is 18.4. The first kappa shape index (κ1) is 23.1. The fourth-order valence-corrected chi connectivity index (χ4v) is 3.89. The molecular formula is C28H31N3O. The van der Waals surface area contributed by atoms with E-state index in [4.69, 9.17) is 0 Å². The third-order valence-electron chi connectivity index (χ3n) is 5.76. The molecule has 0 bridgehead atoms. The maximum Gasteiger partial charge on any atom is 0.266 e. The van der Waals surface area contributed by atoms with E-state index in [1.807, 2.05) is 52.0 Å². The Bertz CT molecular complexity index is 1230. The second-order valence-electron chi connectivity index (χ2n) is 9.40. The quantitative estimate of drug-likeness (QED) is 0.380. The van der Waals surface area contributed by atoms with E-state index in [-0.39, 0.29) is 11.0 Å². The van der Waals surface area contributed by atoms with Crippen LogP contribution in [0, 0.1) is 39.0 Å². The lowest BCUT2D eigenvalue weighted by Crippen LogP contribution is -2.14. The number of rotatable bonds is 4. The minimum absolute atomic E-state index is 0.0771. The molecule has 1 heterocycles. The summed E-state index contributed by atoms with van der Waals surface area (Å²) in [5.74, 6) is -0.404. The van der Waals surface area contributed by atoms with Crippen LogP contribution in [0.1, 0.15) is 54.4 Å². The predicted molar refractivity (Wildman–Crippen MR) is 132 cm³/mol. The van der Waals surface area contributed by atoms with E-state index in [0.29, 0.717) is 5.69 Å². The van der Waals surface area contributed by atoms with Crippen LogP contribution in [-0.4, -0.2) is 10.5 Å². The van der Waals surface area contributed by atoms with Gasteiger partial charge in [0.2, 0.25) is 0 Å². The van der Waals surface area contributed by atoms with Gasteiger partial charge in [-0.25, -0.2) is 0 Å². The molecule has 1 N–H and O–H groups in total. The number of carbonyl (C=O) groups excluding carboxylic acids is 1. The fraction of sp³-hybridized carbons (Fsp3) is 0.286. The van der Waals surface area contributed by atoms with Crippen molar-refractivity contribution < 1.29 is 4.79 Å². The van der Waals surface area contributed by atoms with Crippen molar-refractivity contribution in [1.29, 1.82) is 5.26 Å². The summed E-state index contributed by atoms with van der Waals surface area (Å²) in [7, 11) is 0. The highest BCUT2D eigenvalue weighted by Gasteiger charge is 2.16. The van der Waals surface area contributed by atoms with E-state index >= 15 is 0 Å². The predicted octanol–water partition coefficient (Wildman–Crippen LogP) is 6.55. The third-order valence-corrected chi connectivity index (χ3v) is 5.76. The molecule has 1 amide bonds. The number of benzene rings is 2. The van der Waals surface area contributed by atoms with Gasteiger partial charge in [0.1, 0.15) is 11.6 Å². The Hall–Kier alpha value is -3.58. The number of carbonyl (C=O) groups is 1. The molecular weight excluding hydrogens is 394 g/mol. The number of nitriles is 1. The van der Waals surface area contributed by atoms with Crippen LogP contribution in [0.4, 0.5) is 5.69 Å². The summed E-state index contributed by atoms with van der Waals surface area (Å²) >= 11 is 0. The van der Waals surface area contributed by atoms with Crippen LogP contribution in [0.25, 0.3) is 11.8 Å². The lowest BCUT2D eigenvalue weighted by atomic mass is 9.87. The van der Waals surface area contributed by atoms with Crippen molar-refractivity contribution in [2.24, 2.45) is 0 Å². The van der Waals surface area contributed by atoms with Crippen LogP contribution >= 0.6 is 0 Å². The van der Waals surface area contributed by atoms with Gasteiger partial charge < -0.3 is 9.88 Å². The molecule has 0 atom stereocenters. The Morgan fingerprint density at radius 2 is 1.66 bits per heavy atom. The highest BCUT2D eigenvalue weighted by molar-refractivity contribution is 6.10. The van der Waals surface area contributed by atoms with Gasteiger partial charge in [-0.05, 0) is 80.1 Å². The number of hydrogen-bond acceptors (Lipinski definition) is 2. The van der Waals surface area contributed by atoms with Crippen molar-refractivity contribution in [2.75, 3.05) is 5.32 Å². The van der Waals surface area contributed by atoms with Crippen molar-refractivity contribution in [1.82, 2.24) is 4.57 Å². The molecule has 4 nitrogen and oxygen atoms in total. The molecule has 3 rings (SSSR count). The molecule has 2 aromatic carbocycles. The largest absolute Gasteiger partial charge is 0.321 e. The molecule has 164 valence electrons. The summed E-state index contributed by atoms with van der Waals surface area (Å²) in [6.07, 6.45) is 1.67. The van der Waals surface area contributed by atoms with Crippen molar-refractivity contribution >= 4 is 17.7 Å². The van der Waals surface area contributed by atoms with Gasteiger partial charge in [0.05, 0.1) is 0 Å². The van der Waals surface area contributed by atoms with E-state index in [9.17, 15) is 10.1 Å². The van der Waals surface area contributed by atoms with Crippen LogP contribution in [0.15, 0.2) is 54.1 Å². The molecule has 0 aliphatic carbocycles. The molecule has 0 saturated heterocycles. The van der Waals surface area contributed by atoms with Gasteiger partial charge >= 0.3 is 0 Å². The fourth-order valence-electron chi connectivity index (χ4n) is 3.89. The molecule has 1 aromatic heterocycles. The Balaban J connectivity index is 1.92. The van der Waals surface area contributed by atoms with E-state index < -0.39 is 5.91 Å². The highest BCUT2D eigenvalue weighted by atomic mass is 16.1. The zero-order chi connectivity index (χ0) is 23.6. The topological polar surface area (TPSA) is 57.8 Å². The molecule has 0 radical (unpaired) electrons. The number of nitrogens with one attached hydrogen (secondary N) is 1. The lowest BCUT2D eigenvalue weighted by molar-refractivity contribution is -0.112. The molecule has 0 spiro atoms. The number of nitrogens with zero attached hydrogens (tertiary/aromatic N) is 2. The second-order valence-corrected chi connectivity index (χ2v) is 9.40. The van der Waals surface area contributed by atoms with Crippen LogP contribution in [-0.2, 0) is 10.2 Å². The van der Waals surface area contributed by atoms with Gasteiger partial charge in [-0.3, -0.25) is 4.79 Å². The molecule has 0 aliphatic rings. The van der Waals surface area contributed by atoms with Gasteiger partial charge in [-0.2, -0.15) is 5.26 Å². The Morgan fingerprint density at radius 3 is 2.22 bits per heavy atom. The molecule has 0 aliphatic heterocycles. The number of hydrogen-bond donors (Lipinski definition) is 1. The zero-order valence-electron chi connectivity index (χ0n) is 20.0. The summed E-state index contributed by atoms with van der Waals surface area (Å²) < 4.78 is 2.15. The first-order valence-corrected chi connectivity index (χ1v) is 10.8. The molecule has 0 fully saturated rings. The SMILES string of the molecule is Cc1ccc(NC(=O)/C(C#N)=C\c2cc(C)n(-c3ccc(C(C)(C)C)cc3)c2C)c(C)c1. The summed E-state index contributed by atoms with van der Waals surface area (Å²) in [5.41, 5.74) is 8.20. The highest BCUT2D eigenvalue weighted by Crippen LogP contribution is 2.27. The van der Waals surface area contributed by atoms with Crippen molar-refractivity contribution in [2.45, 2.75) is 53.9 Å². The Kier molecular flexibility index (Phi) is 6.41. The van der Waals surface area contributed by atoms with Crippen LogP contribution < -0.4 is 5.32 Å². The van der Waals surface area contributed by atoms with Gasteiger partial charge in [-0.15, -0.1) is 0 Å².